The van der Waals surface area contributed by atoms with Crippen LogP contribution in [0.4, 0.5) is 21.9 Å². The molecular weight excluding hydrogens is 447 g/mol. The van der Waals surface area contributed by atoms with E-state index >= 15 is 0 Å². The van der Waals surface area contributed by atoms with Gasteiger partial charge in [0.15, 0.2) is 0 Å². The normalized spacial score (nSPS) is 11.0. The molecule has 156 valence electrons. The van der Waals surface area contributed by atoms with E-state index in [1.807, 2.05) is 0 Å². The van der Waals surface area contributed by atoms with Gasteiger partial charge in [-0.1, -0.05) is 35.3 Å². The second-order valence-corrected chi connectivity index (χ2v) is 8.74. The first-order chi connectivity index (χ1) is 14.3. The zero-order chi connectivity index (χ0) is 21.7. The average Bonchev–Trinajstić information content (AvgIpc) is 2.71. The van der Waals surface area contributed by atoms with Crippen LogP contribution in [0, 0.1) is 0 Å². The number of amides is 2. The lowest BCUT2D eigenvalue weighted by Crippen LogP contribution is -2.19. The van der Waals surface area contributed by atoms with Crippen LogP contribution in [0.25, 0.3) is 0 Å². The fourth-order valence-electron chi connectivity index (χ4n) is 2.51. The molecule has 3 aromatic carbocycles. The van der Waals surface area contributed by atoms with Crippen LogP contribution in [-0.2, 0) is 16.6 Å². The maximum Gasteiger partial charge on any atom is 0.323 e. The zero-order valence-electron chi connectivity index (χ0n) is 15.5. The first kappa shape index (κ1) is 21.9. The van der Waals surface area contributed by atoms with Crippen molar-refractivity contribution >= 4 is 56.3 Å². The molecule has 0 saturated heterocycles. The highest BCUT2D eigenvalue weighted by Gasteiger charge is 2.14. The Morgan fingerprint density at radius 2 is 1.37 bits per heavy atom. The molecule has 0 aromatic heterocycles. The molecule has 5 N–H and O–H groups in total. The number of carbonyl (C=O) groups excluding carboxylic acids is 1. The third kappa shape index (κ3) is 5.64. The quantitative estimate of drug-likeness (QED) is 0.415. The molecular formula is C20H18Cl2N4O3S. The fourth-order valence-corrected chi connectivity index (χ4v) is 3.86. The summed E-state index contributed by atoms with van der Waals surface area (Å²) in [5.74, 6) is 0. The zero-order valence-corrected chi connectivity index (χ0v) is 17.9. The molecule has 0 heterocycles. The second kappa shape index (κ2) is 9.36. The Morgan fingerprint density at radius 3 is 1.97 bits per heavy atom. The van der Waals surface area contributed by atoms with Crippen LogP contribution in [0.5, 0.6) is 0 Å². The van der Waals surface area contributed by atoms with E-state index in [0.29, 0.717) is 33.7 Å². The number of carbonyl (C=O) groups is 1. The van der Waals surface area contributed by atoms with Gasteiger partial charge in [0.05, 0.1) is 14.9 Å². The van der Waals surface area contributed by atoms with Crippen molar-refractivity contribution in [3.05, 3.63) is 82.3 Å². The van der Waals surface area contributed by atoms with Crippen molar-refractivity contribution in [3.8, 4) is 0 Å². The first-order valence-corrected chi connectivity index (χ1v) is 11.0. The molecule has 0 atom stereocenters. The van der Waals surface area contributed by atoms with Gasteiger partial charge in [-0.3, -0.25) is 4.72 Å². The minimum Gasteiger partial charge on any atom is -0.326 e. The SMILES string of the molecule is NCc1ccc(NS(=O)(=O)c2ccc(NC(=O)Nc3ccc(Cl)c(Cl)c3)cc2)cc1. The Bertz CT molecular complexity index is 1150. The van der Waals surface area contributed by atoms with Gasteiger partial charge in [-0.05, 0) is 60.2 Å². The molecule has 2 amide bonds. The molecule has 3 rings (SSSR count). The summed E-state index contributed by atoms with van der Waals surface area (Å²) in [6.45, 7) is 0.375. The summed E-state index contributed by atoms with van der Waals surface area (Å²) < 4.78 is 27.6. The Labute approximate surface area is 184 Å². The van der Waals surface area contributed by atoms with Crippen LogP contribution in [0.1, 0.15) is 5.56 Å². The minimum atomic E-state index is -3.77. The van der Waals surface area contributed by atoms with Gasteiger partial charge in [0.25, 0.3) is 10.0 Å². The number of benzene rings is 3. The third-order valence-electron chi connectivity index (χ3n) is 4.04. The number of urea groups is 1. The van der Waals surface area contributed by atoms with Crippen molar-refractivity contribution in [2.24, 2.45) is 5.73 Å². The molecule has 0 aliphatic rings. The molecule has 10 heteroatoms. The molecule has 0 aliphatic carbocycles. The highest BCUT2D eigenvalue weighted by molar-refractivity contribution is 7.92. The largest absolute Gasteiger partial charge is 0.326 e. The summed E-state index contributed by atoms with van der Waals surface area (Å²) in [6, 6.07) is 16.7. The van der Waals surface area contributed by atoms with E-state index in [0.717, 1.165) is 5.56 Å². The summed E-state index contributed by atoms with van der Waals surface area (Å²) in [4.78, 5) is 12.2. The number of halogens is 2. The van der Waals surface area contributed by atoms with Gasteiger partial charge in [-0.2, -0.15) is 0 Å². The number of nitrogens with two attached hydrogens (primary N) is 1. The van der Waals surface area contributed by atoms with E-state index in [4.69, 9.17) is 28.9 Å². The molecule has 0 saturated carbocycles. The lowest BCUT2D eigenvalue weighted by molar-refractivity contribution is 0.262. The van der Waals surface area contributed by atoms with Crippen LogP contribution in [-0.4, -0.2) is 14.4 Å². The maximum absolute atomic E-state index is 12.5. The summed E-state index contributed by atoms with van der Waals surface area (Å²) in [5.41, 5.74) is 7.74. The molecule has 0 unspecified atom stereocenters. The van der Waals surface area contributed by atoms with Crippen molar-refractivity contribution in [2.75, 3.05) is 15.4 Å². The number of rotatable bonds is 6. The van der Waals surface area contributed by atoms with E-state index in [1.54, 1.807) is 36.4 Å². The molecule has 0 radical (unpaired) electrons. The van der Waals surface area contributed by atoms with Crippen molar-refractivity contribution in [3.63, 3.8) is 0 Å². The van der Waals surface area contributed by atoms with Crippen LogP contribution in [0.3, 0.4) is 0 Å². The van der Waals surface area contributed by atoms with Gasteiger partial charge < -0.3 is 16.4 Å². The highest BCUT2D eigenvalue weighted by Crippen LogP contribution is 2.25. The molecule has 7 nitrogen and oxygen atoms in total. The van der Waals surface area contributed by atoms with Crippen molar-refractivity contribution < 1.29 is 13.2 Å². The van der Waals surface area contributed by atoms with Crippen molar-refractivity contribution in [1.82, 2.24) is 0 Å². The Balaban J connectivity index is 1.64. The molecule has 30 heavy (non-hydrogen) atoms. The number of hydrogen-bond acceptors (Lipinski definition) is 4. The van der Waals surface area contributed by atoms with Gasteiger partial charge in [-0.25, -0.2) is 13.2 Å². The molecule has 0 spiro atoms. The van der Waals surface area contributed by atoms with Gasteiger partial charge in [0.1, 0.15) is 0 Å². The van der Waals surface area contributed by atoms with Gasteiger partial charge >= 0.3 is 6.03 Å². The monoisotopic (exact) mass is 464 g/mol. The maximum atomic E-state index is 12.5. The van der Waals surface area contributed by atoms with Gasteiger partial charge in [-0.15, -0.1) is 0 Å². The lowest BCUT2D eigenvalue weighted by Gasteiger charge is -2.11. The topological polar surface area (TPSA) is 113 Å². The van der Waals surface area contributed by atoms with E-state index in [2.05, 4.69) is 15.4 Å². The van der Waals surface area contributed by atoms with Crippen molar-refractivity contribution in [1.29, 1.82) is 0 Å². The number of sulfonamides is 1. The first-order valence-electron chi connectivity index (χ1n) is 8.72. The second-order valence-electron chi connectivity index (χ2n) is 6.24. The smallest absolute Gasteiger partial charge is 0.323 e. The van der Waals surface area contributed by atoms with E-state index in [1.165, 1.54) is 30.3 Å². The standard InChI is InChI=1S/C20H18Cl2N4O3S/c21-18-10-7-16(11-19(18)22)25-20(27)24-14-5-8-17(9-6-14)30(28,29)26-15-3-1-13(12-23)2-4-15/h1-11,26H,12,23H2,(H2,24,25,27). The van der Waals surface area contributed by atoms with Crippen molar-refractivity contribution in [2.45, 2.75) is 11.4 Å². The summed E-state index contributed by atoms with van der Waals surface area (Å²) in [7, 11) is -3.77. The van der Waals surface area contributed by atoms with Gasteiger partial charge in [0, 0.05) is 23.6 Å². The Kier molecular flexibility index (Phi) is 6.84. The van der Waals surface area contributed by atoms with Crippen LogP contribution < -0.4 is 21.1 Å². The molecule has 0 aliphatic heterocycles. The van der Waals surface area contributed by atoms with Crippen LogP contribution >= 0.6 is 23.2 Å². The minimum absolute atomic E-state index is 0.0563. The Morgan fingerprint density at radius 1 is 0.800 bits per heavy atom. The number of hydrogen-bond donors (Lipinski definition) is 4. The highest BCUT2D eigenvalue weighted by atomic mass is 35.5. The van der Waals surface area contributed by atoms with E-state index in [-0.39, 0.29) is 4.90 Å². The van der Waals surface area contributed by atoms with E-state index in [9.17, 15) is 13.2 Å². The summed E-state index contributed by atoms with van der Waals surface area (Å²) in [5, 5.41) is 5.92. The number of nitrogens with one attached hydrogen (secondary N) is 3. The predicted octanol–water partition coefficient (Wildman–Crippen LogP) is 4.90. The lowest BCUT2D eigenvalue weighted by atomic mass is 10.2. The Hall–Kier alpha value is -2.78. The van der Waals surface area contributed by atoms with E-state index < -0.39 is 16.1 Å². The fraction of sp³-hybridized carbons (Fsp3) is 0.0500. The summed E-state index contributed by atoms with van der Waals surface area (Å²) in [6.07, 6.45) is 0. The molecule has 0 bridgehead atoms. The van der Waals surface area contributed by atoms with Crippen LogP contribution in [0.2, 0.25) is 10.0 Å². The molecule has 3 aromatic rings. The third-order valence-corrected chi connectivity index (χ3v) is 6.18. The molecule has 0 fully saturated rings. The predicted molar refractivity (Wildman–Crippen MR) is 121 cm³/mol. The van der Waals surface area contributed by atoms with Crippen LogP contribution in [0.15, 0.2) is 71.6 Å². The number of anilines is 3. The average molecular weight is 465 g/mol. The van der Waals surface area contributed by atoms with Gasteiger partial charge in [0.2, 0.25) is 0 Å². The summed E-state index contributed by atoms with van der Waals surface area (Å²) >= 11 is 11.8.